The third kappa shape index (κ3) is 4.31. The van der Waals surface area contributed by atoms with Crippen molar-refractivity contribution in [1.29, 1.82) is 0 Å². The van der Waals surface area contributed by atoms with Crippen molar-refractivity contribution >= 4 is 10.8 Å². The van der Waals surface area contributed by atoms with Crippen LogP contribution in [-0.4, -0.2) is 4.21 Å². The third-order valence-electron chi connectivity index (χ3n) is 1.75. The number of aryl methyl sites for hydroxylation is 1. The van der Waals surface area contributed by atoms with E-state index in [4.69, 9.17) is 0 Å². The zero-order chi connectivity index (χ0) is 11.5. The summed E-state index contributed by atoms with van der Waals surface area (Å²) in [6, 6.07) is 7.63. The average molecular weight is 220 g/mol. The molecule has 0 aromatic heterocycles. The molecule has 0 amide bonds. The summed E-state index contributed by atoms with van der Waals surface area (Å²) in [4.78, 5) is 0.775. The van der Waals surface area contributed by atoms with Crippen molar-refractivity contribution in [3.63, 3.8) is 0 Å². The number of hydrogen-bond acceptors (Lipinski definition) is 1. The molecule has 80 valence electrons. The lowest BCUT2D eigenvalue weighted by molar-refractivity contribution is 0.571. The van der Waals surface area contributed by atoms with Gasteiger partial charge in [0.15, 0.2) is 0 Å². The third-order valence-corrected chi connectivity index (χ3v) is 2.74. The second-order valence-electron chi connectivity index (χ2n) is 4.56. The first-order chi connectivity index (χ1) is 6.88. The Hall–Kier alpha value is -1.07. The van der Waals surface area contributed by atoms with Crippen LogP contribution in [-0.2, 0) is 10.8 Å². The minimum absolute atomic E-state index is 0.0969. The van der Waals surface area contributed by atoms with Gasteiger partial charge in [0.2, 0.25) is 0 Å². The van der Waals surface area contributed by atoms with E-state index < -0.39 is 10.8 Å². The van der Waals surface area contributed by atoms with Gasteiger partial charge < -0.3 is 0 Å². The van der Waals surface area contributed by atoms with Gasteiger partial charge in [0, 0.05) is 10.7 Å². The molecule has 0 heterocycles. The van der Waals surface area contributed by atoms with E-state index in [1.165, 1.54) is 5.56 Å². The van der Waals surface area contributed by atoms with Crippen LogP contribution >= 0.6 is 0 Å². The van der Waals surface area contributed by atoms with E-state index in [9.17, 15) is 4.21 Å². The normalized spacial score (nSPS) is 12.8. The Bertz CT molecular complexity index is 413. The van der Waals surface area contributed by atoms with Gasteiger partial charge in [-0.2, -0.15) is 0 Å². The van der Waals surface area contributed by atoms with E-state index in [0.29, 0.717) is 0 Å². The molecule has 0 aliphatic carbocycles. The average Bonchev–Trinajstić information content (AvgIpc) is 2.14. The molecule has 1 atom stereocenters. The Morgan fingerprint density at radius 3 is 2.13 bits per heavy atom. The lowest BCUT2D eigenvalue weighted by Gasteiger charge is -2.06. The summed E-state index contributed by atoms with van der Waals surface area (Å²) in [5.41, 5.74) is 1.07. The summed E-state index contributed by atoms with van der Waals surface area (Å²) >= 11 is 0. The van der Waals surface area contributed by atoms with Crippen LogP contribution in [0.2, 0.25) is 0 Å². The summed E-state index contributed by atoms with van der Waals surface area (Å²) in [5, 5.41) is 2.78. The molecule has 1 rings (SSSR count). The molecule has 0 saturated carbocycles. The molecule has 0 bridgehead atoms. The molecule has 0 aliphatic rings. The number of hydrogen-bond donors (Lipinski definition) is 0. The van der Waals surface area contributed by atoms with E-state index >= 15 is 0 Å². The molecule has 1 aromatic carbocycles. The highest BCUT2D eigenvalue weighted by Crippen LogP contribution is 2.12. The predicted molar refractivity (Wildman–Crippen MR) is 64.8 cm³/mol. The summed E-state index contributed by atoms with van der Waals surface area (Å²) < 4.78 is 11.7. The number of rotatable bonds is 1. The topological polar surface area (TPSA) is 17.1 Å². The van der Waals surface area contributed by atoms with Crippen LogP contribution in [0.5, 0.6) is 0 Å². The largest absolute Gasteiger partial charge is 0.240 e. The molecule has 0 saturated heterocycles. The molecular weight excluding hydrogens is 204 g/mol. The first-order valence-electron chi connectivity index (χ1n) is 4.90. The van der Waals surface area contributed by atoms with Crippen molar-refractivity contribution in [1.82, 2.24) is 0 Å². The smallest absolute Gasteiger partial charge is 0.130 e. The molecule has 0 fully saturated rings. The highest BCUT2D eigenvalue weighted by atomic mass is 32.2. The summed E-state index contributed by atoms with van der Waals surface area (Å²) in [6.45, 7) is 8.03. The summed E-state index contributed by atoms with van der Waals surface area (Å²) in [6.07, 6.45) is 0. The molecule has 0 radical (unpaired) electrons. The Balaban J connectivity index is 2.86. The first kappa shape index (κ1) is 12.0. The molecule has 1 nitrogen and oxygen atoms in total. The molecular formula is C13H16OS. The lowest BCUT2D eigenvalue weighted by Crippen LogP contribution is -2.00. The SMILES string of the molecule is Cc1ccc(S(=O)C#CC(C)(C)C)cc1. The second kappa shape index (κ2) is 4.63. The molecule has 1 aromatic rings. The van der Waals surface area contributed by atoms with E-state index in [-0.39, 0.29) is 5.41 Å². The van der Waals surface area contributed by atoms with Gasteiger partial charge in [-0.15, -0.1) is 0 Å². The fourth-order valence-electron chi connectivity index (χ4n) is 0.920. The van der Waals surface area contributed by atoms with Crippen molar-refractivity contribution in [2.45, 2.75) is 32.6 Å². The molecule has 0 spiro atoms. The van der Waals surface area contributed by atoms with Crippen molar-refractivity contribution < 1.29 is 4.21 Å². The quantitative estimate of drug-likeness (QED) is 0.665. The van der Waals surface area contributed by atoms with Gasteiger partial charge in [-0.3, -0.25) is 0 Å². The minimum atomic E-state index is -1.20. The van der Waals surface area contributed by atoms with Crippen molar-refractivity contribution in [2.24, 2.45) is 5.41 Å². The Morgan fingerprint density at radius 2 is 1.67 bits per heavy atom. The van der Waals surface area contributed by atoms with Gasteiger partial charge in [-0.05, 0) is 39.8 Å². The Morgan fingerprint density at radius 1 is 1.13 bits per heavy atom. The zero-order valence-corrected chi connectivity index (χ0v) is 10.4. The highest BCUT2D eigenvalue weighted by molar-refractivity contribution is 7.89. The van der Waals surface area contributed by atoms with Crippen LogP contribution in [0.15, 0.2) is 29.2 Å². The monoisotopic (exact) mass is 220 g/mol. The van der Waals surface area contributed by atoms with Gasteiger partial charge in [0.05, 0.1) is 4.90 Å². The maximum absolute atomic E-state index is 11.7. The van der Waals surface area contributed by atoms with Crippen LogP contribution in [0.1, 0.15) is 26.3 Å². The number of benzene rings is 1. The van der Waals surface area contributed by atoms with Gasteiger partial charge in [0.25, 0.3) is 0 Å². The van der Waals surface area contributed by atoms with Gasteiger partial charge in [0.1, 0.15) is 10.8 Å². The Kier molecular flexibility index (Phi) is 3.71. The molecule has 15 heavy (non-hydrogen) atoms. The first-order valence-corrected chi connectivity index (χ1v) is 6.05. The van der Waals surface area contributed by atoms with Crippen LogP contribution in [0, 0.1) is 23.5 Å². The van der Waals surface area contributed by atoms with Gasteiger partial charge >= 0.3 is 0 Å². The molecule has 0 aliphatic heterocycles. The predicted octanol–water partition coefficient (Wildman–Crippen LogP) is 3.11. The maximum atomic E-state index is 11.7. The highest BCUT2D eigenvalue weighted by Gasteiger charge is 2.05. The van der Waals surface area contributed by atoms with Gasteiger partial charge in [-0.1, -0.05) is 23.6 Å². The van der Waals surface area contributed by atoms with Crippen molar-refractivity contribution in [3.05, 3.63) is 29.8 Å². The van der Waals surface area contributed by atoms with Crippen LogP contribution in [0.3, 0.4) is 0 Å². The standard InChI is InChI=1S/C13H16OS/c1-11-5-7-12(8-6-11)15(14)10-9-13(2,3)4/h5-8H,1-4H3. The van der Waals surface area contributed by atoms with Crippen LogP contribution in [0.25, 0.3) is 0 Å². The van der Waals surface area contributed by atoms with E-state index in [1.54, 1.807) is 0 Å². The fraction of sp³-hybridized carbons (Fsp3) is 0.385. The Labute approximate surface area is 94.4 Å². The summed E-state index contributed by atoms with van der Waals surface area (Å²) in [5.74, 6) is 2.98. The maximum Gasteiger partial charge on any atom is 0.130 e. The molecule has 1 unspecified atom stereocenters. The second-order valence-corrected chi connectivity index (χ2v) is 5.77. The zero-order valence-electron chi connectivity index (χ0n) is 9.63. The summed E-state index contributed by atoms with van der Waals surface area (Å²) in [7, 11) is -1.20. The fourth-order valence-corrected chi connectivity index (χ4v) is 1.82. The van der Waals surface area contributed by atoms with Crippen molar-refractivity contribution in [2.75, 3.05) is 0 Å². The molecule has 2 heteroatoms. The molecule has 0 N–H and O–H groups in total. The minimum Gasteiger partial charge on any atom is -0.240 e. The lowest BCUT2D eigenvalue weighted by atomic mass is 9.99. The van der Waals surface area contributed by atoms with Crippen molar-refractivity contribution in [3.8, 4) is 11.2 Å². The van der Waals surface area contributed by atoms with Gasteiger partial charge in [-0.25, -0.2) is 4.21 Å². The van der Waals surface area contributed by atoms with Crippen LogP contribution in [0.4, 0.5) is 0 Å². The van der Waals surface area contributed by atoms with Crippen LogP contribution < -0.4 is 0 Å². The van der Waals surface area contributed by atoms with E-state index in [2.05, 4.69) is 11.2 Å². The van der Waals surface area contributed by atoms with E-state index in [1.807, 2.05) is 52.0 Å². The van der Waals surface area contributed by atoms with E-state index in [0.717, 1.165) is 4.90 Å².